The first-order chi connectivity index (χ1) is 26.1. The van der Waals surface area contributed by atoms with Crippen LogP contribution >= 0.6 is 11.6 Å². The molecule has 5 aromatic rings. The summed E-state index contributed by atoms with van der Waals surface area (Å²) < 4.78 is 39.1. The molecular weight excluding hydrogens is 688 g/mol. The molecule has 0 radical (unpaired) electrons. The van der Waals surface area contributed by atoms with Crippen LogP contribution in [0.3, 0.4) is 0 Å². The first-order valence-electron chi connectivity index (χ1n) is 18.1. The van der Waals surface area contributed by atoms with E-state index in [1.165, 1.54) is 0 Å². The zero-order valence-electron chi connectivity index (χ0n) is 30.0. The third kappa shape index (κ3) is 10.4. The van der Waals surface area contributed by atoms with Crippen LogP contribution in [0, 0.1) is 0 Å². The fourth-order valence-corrected chi connectivity index (χ4v) is 6.75. The quantitative estimate of drug-likeness (QED) is 0.0901. The minimum absolute atomic E-state index is 0.254. The van der Waals surface area contributed by atoms with E-state index in [0.717, 1.165) is 39.1 Å². The summed E-state index contributed by atoms with van der Waals surface area (Å²) in [6.07, 6.45) is -1.25. The maximum absolute atomic E-state index is 10.9. The van der Waals surface area contributed by atoms with Gasteiger partial charge in [0.1, 0.15) is 48.6 Å². The third-order valence-corrected chi connectivity index (χ3v) is 9.49. The van der Waals surface area contributed by atoms with E-state index in [1.807, 2.05) is 134 Å². The molecule has 276 valence electrons. The molecule has 6 rings (SSSR count). The number of rotatable bonds is 18. The molecular formula is C45H47ClO7. The van der Waals surface area contributed by atoms with Crippen LogP contribution in [-0.2, 0) is 45.2 Å². The van der Waals surface area contributed by atoms with Crippen molar-refractivity contribution in [2.24, 2.45) is 0 Å². The molecule has 5 atom stereocenters. The van der Waals surface area contributed by atoms with Crippen molar-refractivity contribution >= 4 is 11.6 Å². The van der Waals surface area contributed by atoms with E-state index in [0.29, 0.717) is 43.6 Å². The summed E-state index contributed by atoms with van der Waals surface area (Å²) in [6.45, 7) is 7.27. The first-order valence-corrected chi connectivity index (χ1v) is 18.4. The van der Waals surface area contributed by atoms with E-state index in [9.17, 15) is 5.11 Å². The van der Waals surface area contributed by atoms with Gasteiger partial charge in [0, 0.05) is 10.6 Å². The van der Waals surface area contributed by atoms with Crippen molar-refractivity contribution in [1.29, 1.82) is 0 Å². The van der Waals surface area contributed by atoms with E-state index >= 15 is 0 Å². The topological polar surface area (TPSA) is 75.6 Å². The molecule has 1 aliphatic heterocycles. The standard InChI is InChI=1S/C45H47ClO7/c1-3-24-49-40-27-39(46)36(25-32-20-22-37(23-21-32)48-4-2)26-38(40)42-44(51-30-34-16-10-6-11-17-34)45(52-31-35-18-12-7-13-19-35)43(41(28-47)53-42)50-29-33-14-8-5-9-15-33/h3,5-23,26-27,41-45,47H,1,4,24-25,28-31H2,2H3. The van der Waals surface area contributed by atoms with Crippen LogP contribution in [0.2, 0.25) is 5.02 Å². The van der Waals surface area contributed by atoms with Crippen LogP contribution in [0.5, 0.6) is 11.5 Å². The molecule has 1 saturated heterocycles. The van der Waals surface area contributed by atoms with Crippen molar-refractivity contribution in [3.8, 4) is 11.5 Å². The molecule has 5 aromatic carbocycles. The van der Waals surface area contributed by atoms with Crippen molar-refractivity contribution in [3.05, 3.63) is 178 Å². The van der Waals surface area contributed by atoms with Crippen molar-refractivity contribution in [3.63, 3.8) is 0 Å². The Morgan fingerprint density at radius 3 is 1.75 bits per heavy atom. The van der Waals surface area contributed by atoms with Gasteiger partial charge in [0.2, 0.25) is 0 Å². The zero-order chi connectivity index (χ0) is 36.8. The average Bonchev–Trinajstić information content (AvgIpc) is 3.20. The Kier molecular flexibility index (Phi) is 14.1. The van der Waals surface area contributed by atoms with Gasteiger partial charge in [-0.2, -0.15) is 0 Å². The summed E-state index contributed by atoms with van der Waals surface area (Å²) in [5.74, 6) is 1.34. The van der Waals surface area contributed by atoms with Crippen LogP contribution < -0.4 is 9.47 Å². The Bertz CT molecular complexity index is 1840. The van der Waals surface area contributed by atoms with E-state index in [1.54, 1.807) is 6.08 Å². The highest BCUT2D eigenvalue weighted by molar-refractivity contribution is 6.31. The highest BCUT2D eigenvalue weighted by Crippen LogP contribution is 2.43. The second-order valence-electron chi connectivity index (χ2n) is 12.9. The van der Waals surface area contributed by atoms with Crippen LogP contribution in [-0.4, -0.2) is 49.3 Å². The first kappa shape index (κ1) is 38.3. The van der Waals surface area contributed by atoms with Crippen molar-refractivity contribution in [1.82, 2.24) is 0 Å². The van der Waals surface area contributed by atoms with E-state index < -0.39 is 30.5 Å². The van der Waals surface area contributed by atoms with Gasteiger partial charge in [-0.05, 0) is 65.4 Å². The predicted octanol–water partition coefficient (Wildman–Crippen LogP) is 9.08. The number of hydrogen-bond donors (Lipinski definition) is 1. The number of halogens is 1. The SMILES string of the molecule is C=CCOc1cc(Cl)c(Cc2ccc(OCC)cc2)cc1C1OC(CO)C(OCc2ccccc2)C(OCc2ccccc2)C1OCc1ccccc1. The molecule has 1 N–H and O–H groups in total. The lowest BCUT2D eigenvalue weighted by atomic mass is 9.88. The summed E-state index contributed by atoms with van der Waals surface area (Å²) >= 11 is 6.97. The van der Waals surface area contributed by atoms with Crippen molar-refractivity contribution < 1.29 is 33.5 Å². The van der Waals surface area contributed by atoms with Gasteiger partial charge in [0.05, 0.1) is 33.0 Å². The lowest BCUT2D eigenvalue weighted by molar-refractivity contribution is -0.272. The van der Waals surface area contributed by atoms with Gasteiger partial charge in [-0.25, -0.2) is 0 Å². The van der Waals surface area contributed by atoms with Gasteiger partial charge in [-0.3, -0.25) is 0 Å². The normalized spacial score (nSPS) is 19.8. The molecule has 53 heavy (non-hydrogen) atoms. The number of benzene rings is 5. The minimum Gasteiger partial charge on any atom is -0.494 e. The molecule has 0 bridgehead atoms. The van der Waals surface area contributed by atoms with Crippen LogP contribution in [0.15, 0.2) is 140 Å². The fourth-order valence-electron chi connectivity index (χ4n) is 6.53. The molecule has 1 fully saturated rings. The average molecular weight is 735 g/mol. The Labute approximate surface area is 317 Å². The zero-order valence-corrected chi connectivity index (χ0v) is 30.8. The fraction of sp³-hybridized carbons (Fsp3) is 0.289. The molecule has 0 saturated carbocycles. The van der Waals surface area contributed by atoms with Crippen molar-refractivity contribution in [2.75, 3.05) is 19.8 Å². The highest BCUT2D eigenvalue weighted by atomic mass is 35.5. The van der Waals surface area contributed by atoms with Crippen molar-refractivity contribution in [2.45, 2.75) is 63.7 Å². The van der Waals surface area contributed by atoms with Crippen LogP contribution in [0.1, 0.15) is 46.4 Å². The molecule has 0 aromatic heterocycles. The molecule has 0 amide bonds. The van der Waals surface area contributed by atoms with Crippen LogP contribution in [0.4, 0.5) is 0 Å². The molecule has 0 aliphatic carbocycles. The Morgan fingerprint density at radius 1 is 0.679 bits per heavy atom. The second-order valence-corrected chi connectivity index (χ2v) is 13.3. The number of hydrogen-bond acceptors (Lipinski definition) is 7. The minimum atomic E-state index is -0.751. The van der Waals surface area contributed by atoms with Gasteiger partial charge in [0.25, 0.3) is 0 Å². The monoisotopic (exact) mass is 734 g/mol. The number of aliphatic hydroxyl groups excluding tert-OH is 1. The third-order valence-electron chi connectivity index (χ3n) is 9.14. The summed E-state index contributed by atoms with van der Waals surface area (Å²) in [4.78, 5) is 0. The molecule has 1 aliphatic rings. The number of aliphatic hydroxyl groups is 1. The predicted molar refractivity (Wildman–Crippen MR) is 207 cm³/mol. The van der Waals surface area contributed by atoms with Gasteiger partial charge >= 0.3 is 0 Å². The lowest BCUT2D eigenvalue weighted by Crippen LogP contribution is -2.58. The van der Waals surface area contributed by atoms with E-state index in [2.05, 4.69) is 6.58 Å². The molecule has 1 heterocycles. The number of ether oxygens (including phenoxy) is 6. The Morgan fingerprint density at radius 2 is 1.23 bits per heavy atom. The Hall–Kier alpha value is -4.47. The summed E-state index contributed by atoms with van der Waals surface area (Å²) in [5.41, 5.74) is 5.66. The van der Waals surface area contributed by atoms with Gasteiger partial charge in [-0.15, -0.1) is 0 Å². The summed E-state index contributed by atoms with van der Waals surface area (Å²) in [7, 11) is 0. The van der Waals surface area contributed by atoms with Crippen LogP contribution in [0.25, 0.3) is 0 Å². The molecule has 0 spiro atoms. The van der Waals surface area contributed by atoms with E-state index in [-0.39, 0.29) is 13.2 Å². The lowest BCUT2D eigenvalue weighted by Gasteiger charge is -2.46. The Balaban J connectivity index is 1.41. The van der Waals surface area contributed by atoms with Gasteiger partial charge in [0.15, 0.2) is 0 Å². The highest BCUT2D eigenvalue weighted by Gasteiger charge is 2.49. The second kappa shape index (κ2) is 19.6. The smallest absolute Gasteiger partial charge is 0.127 e. The van der Waals surface area contributed by atoms with Gasteiger partial charge < -0.3 is 33.5 Å². The molecule has 5 unspecified atom stereocenters. The molecule has 7 nitrogen and oxygen atoms in total. The van der Waals surface area contributed by atoms with Gasteiger partial charge in [-0.1, -0.05) is 127 Å². The summed E-state index contributed by atoms with van der Waals surface area (Å²) in [6, 6.07) is 41.7. The maximum Gasteiger partial charge on any atom is 0.127 e. The maximum atomic E-state index is 10.9. The largest absolute Gasteiger partial charge is 0.494 e. The molecule has 8 heteroatoms. The summed E-state index contributed by atoms with van der Waals surface area (Å²) in [5, 5.41) is 11.5. The van der Waals surface area contributed by atoms with E-state index in [4.69, 9.17) is 40.0 Å².